The maximum absolute atomic E-state index is 6.55. The molecule has 142 valence electrons. The van der Waals surface area contributed by atoms with Gasteiger partial charge in [0.2, 0.25) is 11.6 Å². The summed E-state index contributed by atoms with van der Waals surface area (Å²) < 4.78 is 30.7. The summed E-state index contributed by atoms with van der Waals surface area (Å²) in [5, 5.41) is 0. The molecule has 5 heteroatoms. The minimum absolute atomic E-state index is 0.324. The fourth-order valence-electron chi connectivity index (χ4n) is 5.40. The Hall–Kier alpha value is -1.46. The van der Waals surface area contributed by atoms with Crippen LogP contribution in [0.25, 0.3) is 0 Å². The summed E-state index contributed by atoms with van der Waals surface area (Å²) in [5.41, 5.74) is 2.30. The number of methoxy groups -OCH3 is 1. The Balaban J connectivity index is 1.64. The first-order chi connectivity index (χ1) is 12.3. The van der Waals surface area contributed by atoms with Gasteiger partial charge in [0.25, 0.3) is 0 Å². The van der Waals surface area contributed by atoms with Crippen molar-refractivity contribution in [3.63, 3.8) is 0 Å². The predicted molar refractivity (Wildman–Crippen MR) is 95.7 cm³/mol. The van der Waals surface area contributed by atoms with Gasteiger partial charge in [-0.25, -0.2) is 0 Å². The minimum Gasteiger partial charge on any atom is -0.496 e. The van der Waals surface area contributed by atoms with Crippen LogP contribution < -0.4 is 14.2 Å². The molecule has 0 radical (unpaired) electrons. The van der Waals surface area contributed by atoms with Crippen molar-refractivity contribution in [2.45, 2.75) is 52.1 Å². The smallest absolute Gasteiger partial charge is 0.211 e. The standard InChI is InChI=1S/C21H28O5/c1-11-9-23-20(3)15(11)7-14-18(25-20)8-17(22-5)13-6-16-12(2)10-24-21(16,4)26-19(13)14/h8,11-12,15-16H,6-7,9-10H2,1-5H3/t11-,12-,15+,16+,20+,21+/m0/s1. The lowest BCUT2D eigenvalue weighted by Crippen LogP contribution is -2.46. The fourth-order valence-corrected chi connectivity index (χ4v) is 5.40. The van der Waals surface area contributed by atoms with E-state index in [9.17, 15) is 0 Å². The molecule has 2 fully saturated rings. The second-order valence-electron chi connectivity index (χ2n) is 8.80. The maximum Gasteiger partial charge on any atom is 0.211 e. The number of hydrogen-bond donors (Lipinski definition) is 0. The quantitative estimate of drug-likeness (QED) is 0.766. The number of hydrogen-bond acceptors (Lipinski definition) is 5. The van der Waals surface area contributed by atoms with Crippen molar-refractivity contribution in [3.8, 4) is 17.2 Å². The molecular weight excluding hydrogens is 332 g/mol. The molecule has 0 spiro atoms. The van der Waals surface area contributed by atoms with Crippen LogP contribution in [0.1, 0.15) is 38.8 Å². The van der Waals surface area contributed by atoms with Crippen molar-refractivity contribution in [1.29, 1.82) is 0 Å². The summed E-state index contributed by atoms with van der Waals surface area (Å²) >= 11 is 0. The Labute approximate surface area is 154 Å². The average Bonchev–Trinajstić information content (AvgIpc) is 3.07. The summed E-state index contributed by atoms with van der Waals surface area (Å²) in [4.78, 5) is 0. The monoisotopic (exact) mass is 360 g/mol. The Kier molecular flexibility index (Phi) is 3.40. The topological polar surface area (TPSA) is 46.2 Å². The van der Waals surface area contributed by atoms with Crippen molar-refractivity contribution < 1.29 is 23.7 Å². The molecule has 2 saturated heterocycles. The van der Waals surface area contributed by atoms with E-state index in [0.717, 1.165) is 54.4 Å². The Bertz CT molecular complexity index is 761. The minimum atomic E-state index is -0.564. The third kappa shape index (κ3) is 2.10. The van der Waals surface area contributed by atoms with E-state index in [1.165, 1.54) is 0 Å². The molecule has 26 heavy (non-hydrogen) atoms. The Morgan fingerprint density at radius 1 is 0.923 bits per heavy atom. The largest absolute Gasteiger partial charge is 0.496 e. The van der Waals surface area contributed by atoms with Crippen LogP contribution in [0, 0.1) is 23.7 Å². The zero-order valence-corrected chi connectivity index (χ0v) is 16.3. The maximum atomic E-state index is 6.55. The van der Waals surface area contributed by atoms with Crippen molar-refractivity contribution in [2.24, 2.45) is 23.7 Å². The molecule has 0 bridgehead atoms. The highest BCUT2D eigenvalue weighted by molar-refractivity contribution is 5.60. The number of fused-ring (bicyclic) bond motifs is 5. The van der Waals surface area contributed by atoms with Crippen LogP contribution in [0.2, 0.25) is 0 Å². The van der Waals surface area contributed by atoms with Gasteiger partial charge in [0.15, 0.2) is 0 Å². The third-order valence-electron chi connectivity index (χ3n) is 7.08. The predicted octanol–water partition coefficient (Wildman–Crippen LogP) is 3.56. The molecule has 6 atom stereocenters. The molecule has 5 rings (SSSR count). The van der Waals surface area contributed by atoms with E-state index in [1.54, 1.807) is 7.11 Å². The molecule has 4 heterocycles. The lowest BCUT2D eigenvalue weighted by molar-refractivity contribution is -0.174. The van der Waals surface area contributed by atoms with Crippen LogP contribution in [0.4, 0.5) is 0 Å². The molecule has 0 aliphatic carbocycles. The highest BCUT2D eigenvalue weighted by atomic mass is 16.7. The van der Waals surface area contributed by atoms with E-state index < -0.39 is 11.6 Å². The van der Waals surface area contributed by atoms with Crippen molar-refractivity contribution in [3.05, 3.63) is 17.2 Å². The van der Waals surface area contributed by atoms with Crippen LogP contribution in [-0.4, -0.2) is 31.9 Å². The van der Waals surface area contributed by atoms with Gasteiger partial charge in [-0.05, 0) is 24.7 Å². The first-order valence-corrected chi connectivity index (χ1v) is 9.73. The molecule has 4 aliphatic rings. The molecule has 1 aromatic rings. The van der Waals surface area contributed by atoms with E-state index in [-0.39, 0.29) is 0 Å². The molecule has 0 unspecified atom stereocenters. The second kappa shape index (κ2) is 5.29. The van der Waals surface area contributed by atoms with Crippen molar-refractivity contribution in [1.82, 2.24) is 0 Å². The summed E-state index contributed by atoms with van der Waals surface area (Å²) in [6, 6.07) is 2.02. The highest BCUT2D eigenvalue weighted by Gasteiger charge is 2.54. The third-order valence-corrected chi connectivity index (χ3v) is 7.08. The molecular formula is C21H28O5. The Morgan fingerprint density at radius 3 is 2.12 bits per heavy atom. The van der Waals surface area contributed by atoms with Crippen molar-refractivity contribution >= 4 is 0 Å². The van der Waals surface area contributed by atoms with Crippen LogP contribution in [-0.2, 0) is 22.3 Å². The van der Waals surface area contributed by atoms with Gasteiger partial charge in [-0.2, -0.15) is 0 Å². The molecule has 1 aromatic carbocycles. The lowest BCUT2D eigenvalue weighted by atomic mass is 9.78. The van der Waals surface area contributed by atoms with E-state index >= 15 is 0 Å². The molecule has 0 amide bonds. The van der Waals surface area contributed by atoms with E-state index in [1.807, 2.05) is 6.07 Å². The van der Waals surface area contributed by atoms with Gasteiger partial charge in [0.05, 0.1) is 20.3 Å². The first-order valence-electron chi connectivity index (χ1n) is 9.73. The van der Waals surface area contributed by atoms with E-state index in [4.69, 9.17) is 23.7 Å². The first kappa shape index (κ1) is 16.7. The van der Waals surface area contributed by atoms with Crippen LogP contribution in [0.15, 0.2) is 6.07 Å². The number of rotatable bonds is 1. The van der Waals surface area contributed by atoms with E-state index in [0.29, 0.717) is 23.7 Å². The molecule has 0 saturated carbocycles. The van der Waals surface area contributed by atoms with Gasteiger partial charge >= 0.3 is 0 Å². The fraction of sp³-hybridized carbons (Fsp3) is 0.714. The van der Waals surface area contributed by atoms with Gasteiger partial charge in [-0.1, -0.05) is 13.8 Å². The molecule has 4 aliphatic heterocycles. The van der Waals surface area contributed by atoms with Gasteiger partial charge in [-0.15, -0.1) is 0 Å². The van der Waals surface area contributed by atoms with Gasteiger partial charge in [0.1, 0.15) is 17.2 Å². The van der Waals surface area contributed by atoms with Crippen LogP contribution >= 0.6 is 0 Å². The molecule has 5 nitrogen and oxygen atoms in total. The van der Waals surface area contributed by atoms with Crippen LogP contribution in [0.5, 0.6) is 17.2 Å². The summed E-state index contributed by atoms with van der Waals surface area (Å²) in [6.45, 7) is 10.1. The normalized spacial score (nSPS) is 42.8. The average molecular weight is 360 g/mol. The molecule has 0 aromatic heterocycles. The lowest BCUT2D eigenvalue weighted by Gasteiger charge is -2.43. The van der Waals surface area contributed by atoms with Crippen LogP contribution in [0.3, 0.4) is 0 Å². The van der Waals surface area contributed by atoms with Gasteiger partial charge in [-0.3, -0.25) is 0 Å². The number of ether oxygens (including phenoxy) is 5. The van der Waals surface area contributed by atoms with Crippen molar-refractivity contribution in [2.75, 3.05) is 20.3 Å². The Morgan fingerprint density at radius 2 is 1.50 bits per heavy atom. The zero-order chi connectivity index (χ0) is 18.3. The van der Waals surface area contributed by atoms with Gasteiger partial charge < -0.3 is 23.7 Å². The number of benzene rings is 1. The van der Waals surface area contributed by atoms with E-state index in [2.05, 4.69) is 27.7 Å². The van der Waals surface area contributed by atoms with Gasteiger partial charge in [0, 0.05) is 42.9 Å². The second-order valence-corrected chi connectivity index (χ2v) is 8.80. The summed E-state index contributed by atoms with van der Waals surface area (Å²) in [5.74, 6) is 3.03. The molecule has 0 N–H and O–H groups in total. The SMILES string of the molecule is COc1cc2c(c3c1C[C@@H]1[C@@H](C)CO[C@]1(C)O3)C[C@@H]1[C@@H](C)CO[C@]1(C)O2. The zero-order valence-electron chi connectivity index (χ0n) is 16.3. The summed E-state index contributed by atoms with van der Waals surface area (Å²) in [6.07, 6.45) is 1.81. The highest BCUT2D eigenvalue weighted by Crippen LogP contribution is 2.55. The summed E-state index contributed by atoms with van der Waals surface area (Å²) in [7, 11) is 1.71.